The van der Waals surface area contributed by atoms with Crippen LogP contribution in [0.5, 0.6) is 17.2 Å². The number of nitrogen functional groups attached to an aromatic ring is 1. The summed E-state index contributed by atoms with van der Waals surface area (Å²) in [5.41, 5.74) is 6.73. The first-order valence-electron chi connectivity index (χ1n) is 5.45. The van der Waals surface area contributed by atoms with Crippen LogP contribution in [0.1, 0.15) is 5.56 Å². The lowest BCUT2D eigenvalue weighted by Crippen LogP contribution is -1.95. The van der Waals surface area contributed by atoms with Crippen molar-refractivity contribution in [3.63, 3.8) is 0 Å². The van der Waals surface area contributed by atoms with E-state index in [1.165, 1.54) is 7.11 Å². The van der Waals surface area contributed by atoms with E-state index in [9.17, 15) is 0 Å². The van der Waals surface area contributed by atoms with E-state index in [4.69, 9.17) is 32.1 Å². The third kappa shape index (κ3) is 2.72. The van der Waals surface area contributed by atoms with Crippen LogP contribution in [-0.2, 0) is 0 Å². The summed E-state index contributed by atoms with van der Waals surface area (Å²) < 4.78 is 10.8. The summed E-state index contributed by atoms with van der Waals surface area (Å²) in [5, 5.41) is 9.25. The number of nitrogens with zero attached hydrogens (tertiary/aromatic N) is 1. The third-order valence-corrected chi connectivity index (χ3v) is 2.80. The van der Waals surface area contributed by atoms with E-state index in [1.807, 2.05) is 6.07 Å². The second-order valence-electron chi connectivity index (χ2n) is 3.74. The molecule has 4 nitrogen and oxygen atoms in total. The molecule has 2 aromatic rings. The number of nitrogens with two attached hydrogens (primary N) is 1. The first-order valence-corrected chi connectivity index (χ1v) is 5.83. The minimum absolute atomic E-state index is 0.368. The highest BCUT2D eigenvalue weighted by Gasteiger charge is 2.11. The number of halogens is 1. The number of methoxy groups -OCH3 is 1. The van der Waals surface area contributed by atoms with Crippen LogP contribution < -0.4 is 15.2 Å². The van der Waals surface area contributed by atoms with Gasteiger partial charge in [0.05, 0.1) is 29.5 Å². The van der Waals surface area contributed by atoms with Gasteiger partial charge in [0.2, 0.25) is 0 Å². The predicted molar refractivity (Wildman–Crippen MR) is 73.6 cm³/mol. The molecule has 0 unspecified atom stereocenters. The number of benzene rings is 2. The molecule has 5 heteroatoms. The molecule has 96 valence electrons. The van der Waals surface area contributed by atoms with Crippen LogP contribution in [0.3, 0.4) is 0 Å². The third-order valence-electron chi connectivity index (χ3n) is 2.50. The van der Waals surface area contributed by atoms with Crippen LogP contribution in [-0.4, -0.2) is 7.11 Å². The van der Waals surface area contributed by atoms with Crippen LogP contribution >= 0.6 is 11.6 Å². The molecule has 0 aromatic heterocycles. The van der Waals surface area contributed by atoms with Crippen LogP contribution in [0.4, 0.5) is 5.69 Å². The van der Waals surface area contributed by atoms with Crippen molar-refractivity contribution in [1.82, 2.24) is 0 Å². The van der Waals surface area contributed by atoms with Gasteiger partial charge >= 0.3 is 0 Å². The molecular formula is C14H11ClN2O2. The Morgan fingerprint density at radius 3 is 2.63 bits per heavy atom. The summed E-state index contributed by atoms with van der Waals surface area (Å²) in [7, 11) is 1.50. The highest BCUT2D eigenvalue weighted by molar-refractivity contribution is 6.32. The quantitative estimate of drug-likeness (QED) is 0.869. The summed E-state index contributed by atoms with van der Waals surface area (Å²) in [5.74, 6) is 1.26. The number of rotatable bonds is 3. The van der Waals surface area contributed by atoms with Crippen LogP contribution in [0.2, 0.25) is 5.02 Å². The maximum absolute atomic E-state index is 8.84. The summed E-state index contributed by atoms with van der Waals surface area (Å²) in [6, 6.07) is 12.0. The van der Waals surface area contributed by atoms with Crippen molar-refractivity contribution in [3.05, 3.63) is 47.0 Å². The zero-order valence-electron chi connectivity index (χ0n) is 10.2. The maximum Gasteiger partial charge on any atom is 0.169 e. The molecule has 2 rings (SSSR count). The molecule has 0 saturated carbocycles. The Bertz CT molecular complexity index is 630. The zero-order chi connectivity index (χ0) is 13.8. The topological polar surface area (TPSA) is 68.3 Å². The molecule has 0 fully saturated rings. The molecule has 2 aromatic carbocycles. The Balaban J connectivity index is 2.41. The predicted octanol–water partition coefficient (Wildman–Crippen LogP) is 3.59. The van der Waals surface area contributed by atoms with Crippen LogP contribution in [0.15, 0.2) is 36.4 Å². The fourth-order valence-corrected chi connectivity index (χ4v) is 1.79. The maximum atomic E-state index is 8.84. The Hall–Kier alpha value is -2.38. The van der Waals surface area contributed by atoms with Gasteiger partial charge < -0.3 is 15.2 Å². The lowest BCUT2D eigenvalue weighted by atomic mass is 10.2. The fourth-order valence-electron chi connectivity index (χ4n) is 1.56. The number of nitriles is 1. The molecule has 0 aliphatic carbocycles. The van der Waals surface area contributed by atoms with E-state index in [0.717, 1.165) is 0 Å². The Labute approximate surface area is 115 Å². The van der Waals surface area contributed by atoms with Crippen molar-refractivity contribution in [1.29, 1.82) is 5.26 Å². The Morgan fingerprint density at radius 1 is 1.21 bits per heavy atom. The molecule has 0 saturated heterocycles. The van der Waals surface area contributed by atoms with Crippen molar-refractivity contribution in [3.8, 4) is 23.3 Å². The molecule has 0 radical (unpaired) electrons. The second-order valence-corrected chi connectivity index (χ2v) is 4.14. The van der Waals surface area contributed by atoms with Crippen molar-refractivity contribution in [2.24, 2.45) is 0 Å². The first-order chi connectivity index (χ1) is 9.15. The first kappa shape index (κ1) is 13.1. The second kappa shape index (κ2) is 5.51. The normalized spacial score (nSPS) is 9.74. The average molecular weight is 275 g/mol. The summed E-state index contributed by atoms with van der Waals surface area (Å²) in [6.45, 7) is 0. The van der Waals surface area contributed by atoms with E-state index in [2.05, 4.69) is 0 Å². The Kier molecular flexibility index (Phi) is 3.79. The number of para-hydroxylation sites is 1. The smallest absolute Gasteiger partial charge is 0.169 e. The van der Waals surface area contributed by atoms with Crippen molar-refractivity contribution in [2.45, 2.75) is 0 Å². The van der Waals surface area contributed by atoms with E-state index in [-0.39, 0.29) is 0 Å². The molecule has 19 heavy (non-hydrogen) atoms. The van der Waals surface area contributed by atoms with Gasteiger partial charge in [0, 0.05) is 6.07 Å². The summed E-state index contributed by atoms with van der Waals surface area (Å²) in [4.78, 5) is 0. The highest BCUT2D eigenvalue weighted by atomic mass is 35.5. The molecule has 0 amide bonds. The minimum Gasteiger partial charge on any atom is -0.493 e. The monoisotopic (exact) mass is 274 g/mol. The Morgan fingerprint density at radius 2 is 2.00 bits per heavy atom. The zero-order valence-corrected chi connectivity index (χ0v) is 10.9. The summed E-state index contributed by atoms with van der Waals surface area (Å²) in [6.07, 6.45) is 0. The van der Waals surface area contributed by atoms with Crippen molar-refractivity contribution >= 4 is 17.3 Å². The van der Waals surface area contributed by atoms with Gasteiger partial charge in [0.1, 0.15) is 0 Å². The van der Waals surface area contributed by atoms with Gasteiger partial charge in [-0.2, -0.15) is 5.26 Å². The van der Waals surface area contributed by atoms with Gasteiger partial charge in [-0.1, -0.05) is 17.7 Å². The minimum atomic E-state index is 0.368. The number of hydrogen-bond acceptors (Lipinski definition) is 4. The van der Waals surface area contributed by atoms with Crippen molar-refractivity contribution in [2.75, 3.05) is 12.8 Å². The SMILES string of the molecule is COc1cc(C#N)ccc1Oc1c(N)cccc1Cl. The van der Waals surface area contributed by atoms with Gasteiger partial charge in [-0.15, -0.1) is 0 Å². The number of ether oxygens (including phenoxy) is 2. The van der Waals surface area contributed by atoms with E-state index < -0.39 is 0 Å². The lowest BCUT2D eigenvalue weighted by molar-refractivity contribution is 0.379. The van der Waals surface area contributed by atoms with Gasteiger partial charge in [0.25, 0.3) is 0 Å². The molecule has 0 spiro atoms. The van der Waals surface area contributed by atoms with Crippen molar-refractivity contribution < 1.29 is 9.47 Å². The standard InChI is InChI=1S/C14H11ClN2O2/c1-18-13-7-9(8-16)5-6-12(13)19-14-10(15)3-2-4-11(14)17/h2-7H,17H2,1H3. The molecule has 0 atom stereocenters. The molecule has 0 bridgehead atoms. The average Bonchev–Trinajstić information content (AvgIpc) is 2.43. The molecule has 0 heterocycles. The summed E-state index contributed by atoms with van der Waals surface area (Å²) >= 11 is 6.04. The molecule has 0 aliphatic rings. The van der Waals surface area contributed by atoms with Gasteiger partial charge in [-0.05, 0) is 24.3 Å². The fraction of sp³-hybridized carbons (Fsp3) is 0.0714. The van der Waals surface area contributed by atoms with Gasteiger partial charge in [-0.25, -0.2) is 0 Å². The van der Waals surface area contributed by atoms with E-state index in [1.54, 1.807) is 36.4 Å². The number of anilines is 1. The molecular weight excluding hydrogens is 264 g/mol. The molecule has 0 aliphatic heterocycles. The van der Waals surface area contributed by atoms with E-state index >= 15 is 0 Å². The lowest BCUT2D eigenvalue weighted by Gasteiger charge is -2.13. The van der Waals surface area contributed by atoms with Crippen LogP contribution in [0.25, 0.3) is 0 Å². The van der Waals surface area contributed by atoms with Gasteiger partial charge in [0.15, 0.2) is 17.2 Å². The van der Waals surface area contributed by atoms with E-state index in [0.29, 0.717) is 33.5 Å². The van der Waals surface area contributed by atoms with Gasteiger partial charge in [-0.3, -0.25) is 0 Å². The molecule has 2 N–H and O–H groups in total. The number of hydrogen-bond donors (Lipinski definition) is 1. The van der Waals surface area contributed by atoms with Crippen LogP contribution in [0, 0.1) is 11.3 Å². The largest absolute Gasteiger partial charge is 0.493 e. The highest BCUT2D eigenvalue weighted by Crippen LogP contribution is 2.38.